The Labute approximate surface area is 134 Å². The molecule has 1 fully saturated rings. The smallest absolute Gasteiger partial charge is 0.243 e. The number of rotatable bonds is 4. The highest BCUT2D eigenvalue weighted by molar-refractivity contribution is 9.10. The molecule has 1 aromatic carbocycles. The van der Waals surface area contributed by atoms with Crippen LogP contribution in [0, 0.1) is 5.82 Å². The molecule has 1 saturated carbocycles. The number of carbonyl (C=O) groups is 1. The molecule has 1 atom stereocenters. The molecule has 1 amide bonds. The van der Waals surface area contributed by atoms with Gasteiger partial charge in [0.1, 0.15) is 17.7 Å². The molecule has 1 N–H and O–H groups in total. The van der Waals surface area contributed by atoms with Crippen molar-refractivity contribution < 1.29 is 9.18 Å². The van der Waals surface area contributed by atoms with Gasteiger partial charge in [-0.1, -0.05) is 0 Å². The second kappa shape index (κ2) is 5.57. The maximum absolute atomic E-state index is 13.6. The van der Waals surface area contributed by atoms with E-state index in [-0.39, 0.29) is 17.6 Å². The number of aromatic nitrogens is 2. The van der Waals surface area contributed by atoms with Crippen LogP contribution in [0.2, 0.25) is 0 Å². The van der Waals surface area contributed by atoms with Gasteiger partial charge in [0.25, 0.3) is 0 Å². The van der Waals surface area contributed by atoms with E-state index in [1.54, 1.807) is 17.6 Å². The first-order valence-electron chi connectivity index (χ1n) is 6.73. The minimum absolute atomic E-state index is 0.0661. The molecule has 21 heavy (non-hydrogen) atoms. The van der Waals surface area contributed by atoms with Crippen molar-refractivity contribution in [3.63, 3.8) is 0 Å². The number of hydrogen-bond donors (Lipinski definition) is 1. The Bertz CT molecular complexity index is 714. The molecule has 0 radical (unpaired) electrons. The highest BCUT2D eigenvalue weighted by atomic mass is 79.9. The van der Waals surface area contributed by atoms with Crippen molar-refractivity contribution >= 4 is 44.5 Å². The standard InChI is InChI=1S/C14H14BrClFN3O/c1-7(14(21)18-8-2-3-8)20-12-4-9(15)10(17)5-11(12)19-13(20)6-16/h4-5,7-8H,2-3,6H2,1H3,(H,18,21). The Morgan fingerprint density at radius 2 is 2.33 bits per heavy atom. The second-order valence-corrected chi connectivity index (χ2v) is 6.37. The van der Waals surface area contributed by atoms with Crippen LogP contribution in [0.3, 0.4) is 0 Å². The van der Waals surface area contributed by atoms with Gasteiger partial charge in [-0.2, -0.15) is 0 Å². The lowest BCUT2D eigenvalue weighted by molar-refractivity contribution is -0.123. The molecular formula is C14H14BrClFN3O. The lowest BCUT2D eigenvalue weighted by Crippen LogP contribution is -2.33. The normalized spacial score (nSPS) is 16.2. The average Bonchev–Trinajstić information content (AvgIpc) is 3.19. The minimum Gasteiger partial charge on any atom is -0.352 e. The number of nitrogens with one attached hydrogen (secondary N) is 1. The summed E-state index contributed by atoms with van der Waals surface area (Å²) in [7, 11) is 0. The maximum atomic E-state index is 13.6. The molecule has 1 heterocycles. The second-order valence-electron chi connectivity index (χ2n) is 5.25. The van der Waals surface area contributed by atoms with Gasteiger partial charge in [-0.3, -0.25) is 4.79 Å². The molecule has 112 valence electrons. The molecule has 2 aromatic rings. The first kappa shape index (κ1) is 14.8. The minimum atomic E-state index is -0.443. The number of nitrogens with zero attached hydrogens (tertiary/aromatic N) is 2. The van der Waals surface area contributed by atoms with Crippen LogP contribution in [0.15, 0.2) is 16.6 Å². The molecule has 1 aliphatic carbocycles. The van der Waals surface area contributed by atoms with E-state index in [2.05, 4.69) is 26.2 Å². The van der Waals surface area contributed by atoms with Gasteiger partial charge in [-0.25, -0.2) is 9.37 Å². The van der Waals surface area contributed by atoms with Crippen molar-refractivity contribution in [2.75, 3.05) is 0 Å². The molecule has 7 heteroatoms. The van der Waals surface area contributed by atoms with Crippen molar-refractivity contribution in [3.8, 4) is 0 Å². The van der Waals surface area contributed by atoms with E-state index in [1.807, 2.05) is 0 Å². The van der Waals surface area contributed by atoms with Crippen LogP contribution in [0.25, 0.3) is 11.0 Å². The lowest BCUT2D eigenvalue weighted by atomic mass is 10.2. The summed E-state index contributed by atoms with van der Waals surface area (Å²) in [6.07, 6.45) is 2.06. The first-order chi connectivity index (χ1) is 10.0. The number of hydrogen-bond acceptors (Lipinski definition) is 2. The fraction of sp³-hybridized carbons (Fsp3) is 0.429. The van der Waals surface area contributed by atoms with E-state index in [4.69, 9.17) is 11.6 Å². The van der Waals surface area contributed by atoms with E-state index in [0.29, 0.717) is 27.4 Å². The van der Waals surface area contributed by atoms with Gasteiger partial charge in [0, 0.05) is 12.1 Å². The van der Waals surface area contributed by atoms with Crippen LogP contribution in [-0.4, -0.2) is 21.5 Å². The third-order valence-electron chi connectivity index (χ3n) is 3.61. The summed E-state index contributed by atoms with van der Waals surface area (Å²) < 4.78 is 15.7. The molecule has 4 nitrogen and oxygen atoms in total. The fourth-order valence-electron chi connectivity index (χ4n) is 2.33. The van der Waals surface area contributed by atoms with E-state index < -0.39 is 6.04 Å². The highest BCUT2D eigenvalue weighted by Crippen LogP contribution is 2.28. The van der Waals surface area contributed by atoms with Crippen molar-refractivity contribution in [2.45, 2.75) is 37.7 Å². The van der Waals surface area contributed by atoms with Crippen molar-refractivity contribution in [3.05, 3.63) is 28.2 Å². The van der Waals surface area contributed by atoms with Crippen LogP contribution in [0.5, 0.6) is 0 Å². The van der Waals surface area contributed by atoms with Crippen LogP contribution in [-0.2, 0) is 10.7 Å². The fourth-order valence-corrected chi connectivity index (χ4v) is 2.85. The molecule has 1 aromatic heterocycles. The number of fused-ring (bicyclic) bond motifs is 1. The van der Waals surface area contributed by atoms with E-state index in [0.717, 1.165) is 12.8 Å². The number of imidazole rings is 1. The monoisotopic (exact) mass is 373 g/mol. The van der Waals surface area contributed by atoms with Gasteiger partial charge < -0.3 is 9.88 Å². The number of carbonyl (C=O) groups excluding carboxylic acids is 1. The largest absolute Gasteiger partial charge is 0.352 e. The summed E-state index contributed by atoms with van der Waals surface area (Å²) >= 11 is 9.10. The Balaban J connectivity index is 2.06. The maximum Gasteiger partial charge on any atom is 0.243 e. The summed E-state index contributed by atoms with van der Waals surface area (Å²) in [4.78, 5) is 16.6. The molecular weight excluding hydrogens is 361 g/mol. The van der Waals surface area contributed by atoms with Crippen LogP contribution in [0.1, 0.15) is 31.6 Å². The summed E-state index contributed by atoms with van der Waals surface area (Å²) in [5, 5.41) is 2.97. The molecule has 1 unspecified atom stereocenters. The predicted octanol–water partition coefficient (Wildman–Crippen LogP) is 3.52. The number of amides is 1. The Hall–Kier alpha value is -1.14. The van der Waals surface area contributed by atoms with Crippen molar-refractivity contribution in [2.24, 2.45) is 0 Å². The molecule has 1 aliphatic rings. The van der Waals surface area contributed by atoms with E-state index >= 15 is 0 Å². The van der Waals surface area contributed by atoms with Crippen LogP contribution < -0.4 is 5.32 Å². The van der Waals surface area contributed by atoms with Gasteiger partial charge in [0.2, 0.25) is 5.91 Å². The summed E-state index contributed by atoms with van der Waals surface area (Å²) in [6.45, 7) is 1.80. The predicted molar refractivity (Wildman–Crippen MR) is 82.8 cm³/mol. The number of halogens is 3. The van der Waals surface area contributed by atoms with Crippen molar-refractivity contribution in [1.29, 1.82) is 0 Å². The summed E-state index contributed by atoms with van der Waals surface area (Å²) in [5.74, 6) is 0.268. The van der Waals surface area contributed by atoms with Gasteiger partial charge in [0.15, 0.2) is 0 Å². The van der Waals surface area contributed by atoms with Gasteiger partial charge in [0.05, 0.1) is 21.4 Å². The quantitative estimate of drug-likeness (QED) is 0.833. The third kappa shape index (κ3) is 2.79. The molecule has 0 spiro atoms. The topological polar surface area (TPSA) is 46.9 Å². The summed E-state index contributed by atoms with van der Waals surface area (Å²) in [6, 6.07) is 2.83. The number of alkyl halides is 1. The zero-order chi connectivity index (χ0) is 15.1. The zero-order valence-electron chi connectivity index (χ0n) is 11.4. The molecule has 0 bridgehead atoms. The Morgan fingerprint density at radius 3 is 2.95 bits per heavy atom. The highest BCUT2D eigenvalue weighted by Gasteiger charge is 2.28. The van der Waals surface area contributed by atoms with Crippen molar-refractivity contribution in [1.82, 2.24) is 14.9 Å². The van der Waals surface area contributed by atoms with Gasteiger partial charge in [-0.05, 0) is 41.8 Å². The Morgan fingerprint density at radius 1 is 1.62 bits per heavy atom. The average molecular weight is 375 g/mol. The zero-order valence-corrected chi connectivity index (χ0v) is 13.7. The molecule has 3 rings (SSSR count). The number of benzene rings is 1. The third-order valence-corrected chi connectivity index (χ3v) is 4.46. The summed E-state index contributed by atoms with van der Waals surface area (Å²) in [5.41, 5.74) is 1.19. The first-order valence-corrected chi connectivity index (χ1v) is 8.06. The van der Waals surface area contributed by atoms with E-state index in [9.17, 15) is 9.18 Å². The lowest BCUT2D eigenvalue weighted by Gasteiger charge is -2.16. The van der Waals surface area contributed by atoms with Crippen LogP contribution in [0.4, 0.5) is 4.39 Å². The van der Waals surface area contributed by atoms with E-state index in [1.165, 1.54) is 6.07 Å². The SMILES string of the molecule is CC(C(=O)NC1CC1)n1c(CCl)nc2cc(F)c(Br)cc21. The molecule has 0 aliphatic heterocycles. The van der Waals surface area contributed by atoms with Gasteiger partial charge >= 0.3 is 0 Å². The van der Waals surface area contributed by atoms with Gasteiger partial charge in [-0.15, -0.1) is 11.6 Å². The Kier molecular flexibility index (Phi) is 3.92. The molecule has 0 saturated heterocycles. The van der Waals surface area contributed by atoms with Crippen LogP contribution >= 0.6 is 27.5 Å².